The van der Waals surface area contributed by atoms with E-state index in [1.165, 1.54) is 0 Å². The maximum Gasteiger partial charge on any atom is 0.269 e. The molecule has 6 nitrogen and oxygen atoms in total. The Balaban J connectivity index is 1.52. The van der Waals surface area contributed by atoms with E-state index >= 15 is 0 Å². The van der Waals surface area contributed by atoms with Gasteiger partial charge in [0.25, 0.3) is 5.91 Å². The number of morpholine rings is 1. The Hall–Kier alpha value is -2.73. The predicted molar refractivity (Wildman–Crippen MR) is 99.1 cm³/mol. The molecular formula is C20H22N2O4. The standard InChI is InChI=1S/C20H22N2O4/c1-14-19(26-18-9-5-4-8-17(18)25-14)20(23)21-15-6-2-3-7-16(15)22-10-12-24-13-11-22/h2-9,14,19H,10-13H2,1H3,(H,21,23). The van der Waals surface area contributed by atoms with Gasteiger partial charge >= 0.3 is 0 Å². The van der Waals surface area contributed by atoms with E-state index in [9.17, 15) is 4.79 Å². The highest BCUT2D eigenvalue weighted by molar-refractivity contribution is 5.98. The Bertz CT molecular complexity index is 789. The number of anilines is 2. The van der Waals surface area contributed by atoms with E-state index in [0.29, 0.717) is 24.7 Å². The SMILES string of the molecule is CC1Oc2ccccc2OC1C(=O)Nc1ccccc1N1CCOCC1. The molecule has 0 bridgehead atoms. The second-order valence-corrected chi connectivity index (χ2v) is 6.41. The van der Waals surface area contributed by atoms with Crippen molar-refractivity contribution in [1.82, 2.24) is 0 Å². The van der Waals surface area contributed by atoms with Gasteiger partial charge in [0.2, 0.25) is 6.10 Å². The summed E-state index contributed by atoms with van der Waals surface area (Å²) in [5.41, 5.74) is 1.77. The molecule has 2 aromatic carbocycles. The largest absolute Gasteiger partial charge is 0.482 e. The number of ether oxygens (including phenoxy) is 3. The number of nitrogens with one attached hydrogen (secondary N) is 1. The zero-order chi connectivity index (χ0) is 17.9. The van der Waals surface area contributed by atoms with Gasteiger partial charge in [0, 0.05) is 13.1 Å². The van der Waals surface area contributed by atoms with Gasteiger partial charge in [0.1, 0.15) is 6.10 Å². The lowest BCUT2D eigenvalue weighted by Gasteiger charge is -2.32. The molecule has 1 saturated heterocycles. The van der Waals surface area contributed by atoms with Gasteiger partial charge in [0.05, 0.1) is 24.6 Å². The van der Waals surface area contributed by atoms with Crippen LogP contribution >= 0.6 is 0 Å². The molecule has 6 heteroatoms. The number of hydrogen-bond donors (Lipinski definition) is 1. The zero-order valence-corrected chi connectivity index (χ0v) is 14.7. The van der Waals surface area contributed by atoms with Crippen molar-refractivity contribution in [2.45, 2.75) is 19.1 Å². The molecule has 0 aliphatic carbocycles. The van der Waals surface area contributed by atoms with Gasteiger partial charge in [-0.05, 0) is 31.2 Å². The molecule has 0 radical (unpaired) electrons. The third-order valence-corrected chi connectivity index (χ3v) is 4.61. The molecule has 2 aliphatic rings. The molecule has 2 aromatic rings. The maximum absolute atomic E-state index is 12.9. The highest BCUT2D eigenvalue weighted by atomic mass is 16.6. The van der Waals surface area contributed by atoms with Crippen molar-refractivity contribution in [3.63, 3.8) is 0 Å². The molecule has 26 heavy (non-hydrogen) atoms. The Morgan fingerprint density at radius 3 is 2.42 bits per heavy atom. The number of carbonyl (C=O) groups is 1. The molecule has 2 aliphatic heterocycles. The monoisotopic (exact) mass is 354 g/mol. The fraction of sp³-hybridized carbons (Fsp3) is 0.350. The van der Waals surface area contributed by atoms with Crippen molar-refractivity contribution in [1.29, 1.82) is 0 Å². The second-order valence-electron chi connectivity index (χ2n) is 6.41. The van der Waals surface area contributed by atoms with E-state index in [0.717, 1.165) is 24.5 Å². The Labute approximate surface area is 152 Å². The Kier molecular flexibility index (Phi) is 4.67. The fourth-order valence-electron chi connectivity index (χ4n) is 3.27. The number of benzene rings is 2. The van der Waals surface area contributed by atoms with Crippen LogP contribution in [0.3, 0.4) is 0 Å². The first-order valence-corrected chi connectivity index (χ1v) is 8.87. The van der Waals surface area contributed by atoms with Crippen LogP contribution in [-0.2, 0) is 9.53 Å². The van der Waals surface area contributed by atoms with Crippen molar-refractivity contribution >= 4 is 17.3 Å². The highest BCUT2D eigenvalue weighted by Crippen LogP contribution is 2.34. The topological polar surface area (TPSA) is 60.0 Å². The molecule has 1 fully saturated rings. The molecule has 136 valence electrons. The van der Waals surface area contributed by atoms with Crippen LogP contribution in [0.1, 0.15) is 6.92 Å². The van der Waals surface area contributed by atoms with Crippen LogP contribution in [0.2, 0.25) is 0 Å². The first-order valence-electron chi connectivity index (χ1n) is 8.87. The molecule has 0 saturated carbocycles. The number of para-hydroxylation sites is 4. The first-order chi connectivity index (χ1) is 12.7. The third-order valence-electron chi connectivity index (χ3n) is 4.61. The number of amides is 1. The van der Waals surface area contributed by atoms with Crippen LogP contribution in [0.4, 0.5) is 11.4 Å². The minimum atomic E-state index is -0.706. The van der Waals surface area contributed by atoms with Crippen LogP contribution in [0.25, 0.3) is 0 Å². The van der Waals surface area contributed by atoms with Gasteiger partial charge in [0.15, 0.2) is 11.5 Å². The summed E-state index contributed by atoms with van der Waals surface area (Å²) in [4.78, 5) is 15.1. The summed E-state index contributed by atoms with van der Waals surface area (Å²) in [7, 11) is 0. The molecule has 2 atom stereocenters. The number of nitrogens with zero attached hydrogens (tertiary/aromatic N) is 1. The summed E-state index contributed by atoms with van der Waals surface area (Å²) in [6.45, 7) is 4.83. The summed E-state index contributed by atoms with van der Waals surface area (Å²) >= 11 is 0. The fourth-order valence-corrected chi connectivity index (χ4v) is 3.27. The van der Waals surface area contributed by atoms with Gasteiger partial charge in [-0.25, -0.2) is 0 Å². The molecule has 0 aromatic heterocycles. The van der Waals surface area contributed by atoms with E-state index in [-0.39, 0.29) is 12.0 Å². The van der Waals surface area contributed by atoms with Crippen molar-refractivity contribution in [3.8, 4) is 11.5 Å². The molecule has 1 amide bonds. The number of carbonyl (C=O) groups excluding carboxylic acids is 1. The smallest absolute Gasteiger partial charge is 0.269 e. The summed E-state index contributed by atoms with van der Waals surface area (Å²) in [5, 5.41) is 3.01. The van der Waals surface area contributed by atoms with Crippen molar-refractivity contribution < 1.29 is 19.0 Å². The molecule has 0 spiro atoms. The van der Waals surface area contributed by atoms with Crippen molar-refractivity contribution in [2.24, 2.45) is 0 Å². The minimum Gasteiger partial charge on any atom is -0.482 e. The second kappa shape index (κ2) is 7.25. The first kappa shape index (κ1) is 16.7. The number of rotatable bonds is 3. The lowest BCUT2D eigenvalue weighted by molar-refractivity contribution is -0.128. The number of hydrogen-bond acceptors (Lipinski definition) is 5. The van der Waals surface area contributed by atoms with Gasteiger partial charge in [-0.1, -0.05) is 24.3 Å². The molecule has 1 N–H and O–H groups in total. The van der Waals surface area contributed by atoms with Crippen LogP contribution in [0, 0.1) is 0 Å². The van der Waals surface area contributed by atoms with E-state index in [4.69, 9.17) is 14.2 Å². The maximum atomic E-state index is 12.9. The minimum absolute atomic E-state index is 0.215. The normalized spacial score (nSPS) is 22.0. The highest BCUT2D eigenvalue weighted by Gasteiger charge is 2.34. The van der Waals surface area contributed by atoms with Crippen LogP contribution in [-0.4, -0.2) is 44.4 Å². The summed E-state index contributed by atoms with van der Waals surface area (Å²) < 4.78 is 17.1. The van der Waals surface area contributed by atoms with Gasteiger partial charge in [-0.15, -0.1) is 0 Å². The van der Waals surface area contributed by atoms with Gasteiger partial charge in [-0.2, -0.15) is 0 Å². The van der Waals surface area contributed by atoms with E-state index in [2.05, 4.69) is 10.2 Å². The van der Waals surface area contributed by atoms with E-state index in [1.54, 1.807) is 0 Å². The van der Waals surface area contributed by atoms with Crippen molar-refractivity contribution in [3.05, 3.63) is 48.5 Å². The number of fused-ring (bicyclic) bond motifs is 1. The Morgan fingerprint density at radius 1 is 1.00 bits per heavy atom. The van der Waals surface area contributed by atoms with E-state index < -0.39 is 6.10 Å². The lowest BCUT2D eigenvalue weighted by Crippen LogP contribution is -2.46. The van der Waals surface area contributed by atoms with Crippen LogP contribution < -0.4 is 19.7 Å². The quantitative estimate of drug-likeness (QED) is 0.918. The predicted octanol–water partition coefficient (Wildman–Crippen LogP) is 2.69. The molecule has 2 unspecified atom stereocenters. The van der Waals surface area contributed by atoms with Crippen molar-refractivity contribution in [2.75, 3.05) is 36.5 Å². The van der Waals surface area contributed by atoms with Gasteiger partial charge < -0.3 is 24.4 Å². The third kappa shape index (κ3) is 3.32. The van der Waals surface area contributed by atoms with Crippen LogP contribution in [0.5, 0.6) is 11.5 Å². The average Bonchev–Trinajstić information content (AvgIpc) is 2.68. The Morgan fingerprint density at radius 2 is 1.65 bits per heavy atom. The molecule has 2 heterocycles. The summed E-state index contributed by atoms with van der Waals surface area (Å²) in [6.07, 6.45) is -1.08. The average molecular weight is 354 g/mol. The summed E-state index contributed by atoms with van der Waals surface area (Å²) in [5.74, 6) is 1.04. The molecular weight excluding hydrogens is 332 g/mol. The summed E-state index contributed by atoms with van der Waals surface area (Å²) in [6, 6.07) is 15.2. The van der Waals surface area contributed by atoms with Gasteiger partial charge in [-0.3, -0.25) is 4.79 Å². The zero-order valence-electron chi connectivity index (χ0n) is 14.7. The lowest BCUT2D eigenvalue weighted by atomic mass is 10.1. The van der Waals surface area contributed by atoms with Crippen LogP contribution in [0.15, 0.2) is 48.5 Å². The molecule has 4 rings (SSSR count). The van der Waals surface area contributed by atoms with E-state index in [1.807, 2.05) is 55.5 Å².